The summed E-state index contributed by atoms with van der Waals surface area (Å²) in [7, 11) is 1.81. The molecule has 2 N–H and O–H groups in total. The molecule has 0 aromatic heterocycles. The number of rotatable bonds is 8. The van der Waals surface area contributed by atoms with Crippen molar-refractivity contribution in [3.8, 4) is 0 Å². The van der Waals surface area contributed by atoms with Crippen LogP contribution in [0.2, 0.25) is 0 Å². The Hall–Kier alpha value is -0.520. The number of ketones is 1. The van der Waals surface area contributed by atoms with Gasteiger partial charge in [-0.3, -0.25) is 9.36 Å². The largest absolute Gasteiger partial charge is 0.384 e. The van der Waals surface area contributed by atoms with Crippen LogP contribution in [0.3, 0.4) is 0 Å². The van der Waals surface area contributed by atoms with E-state index in [2.05, 4.69) is 6.58 Å². The van der Waals surface area contributed by atoms with Crippen LogP contribution in [0.4, 0.5) is 0 Å². The van der Waals surface area contributed by atoms with Crippen molar-refractivity contribution in [1.82, 2.24) is 0 Å². The molecule has 0 heterocycles. The third-order valence-electron chi connectivity index (χ3n) is 2.18. The van der Waals surface area contributed by atoms with E-state index in [-0.39, 0.29) is 12.2 Å². The average Bonchev–Trinajstić information content (AvgIpc) is 2.12. The van der Waals surface area contributed by atoms with Crippen LogP contribution in [-0.4, -0.2) is 66.8 Å². The van der Waals surface area contributed by atoms with Gasteiger partial charge in [0.1, 0.15) is 19.3 Å². The standard InChI is InChI=1S/C11H22NO5P/c1-9(2)11(14)10(13)8-18(15,16)17-7-6-12(3,4)5/h10,13H,1,6-8H2,2-5H3/p+1. The van der Waals surface area contributed by atoms with Crippen LogP contribution in [0, 0.1) is 0 Å². The molecule has 2 atom stereocenters. The van der Waals surface area contributed by atoms with Crippen molar-refractivity contribution in [2.75, 3.05) is 40.5 Å². The van der Waals surface area contributed by atoms with Crippen LogP contribution in [-0.2, 0) is 13.9 Å². The van der Waals surface area contributed by atoms with Crippen molar-refractivity contribution >= 4 is 13.4 Å². The minimum atomic E-state index is -3.95. The Morgan fingerprint density at radius 3 is 2.33 bits per heavy atom. The average molecular weight is 280 g/mol. The van der Waals surface area contributed by atoms with Gasteiger partial charge in [-0.25, -0.2) is 0 Å². The molecule has 7 heteroatoms. The van der Waals surface area contributed by atoms with Crippen molar-refractivity contribution in [2.24, 2.45) is 0 Å². The summed E-state index contributed by atoms with van der Waals surface area (Å²) in [6.07, 6.45) is -2.14. The minimum absolute atomic E-state index is 0.0886. The molecule has 0 amide bonds. The maximum atomic E-state index is 11.6. The molecule has 0 bridgehead atoms. The Labute approximate surface area is 108 Å². The van der Waals surface area contributed by atoms with Crippen LogP contribution in [0.5, 0.6) is 0 Å². The molecule has 0 saturated carbocycles. The first-order valence-electron chi connectivity index (χ1n) is 5.59. The molecular weight excluding hydrogens is 257 g/mol. The molecule has 0 rings (SSSR count). The Morgan fingerprint density at radius 1 is 1.44 bits per heavy atom. The molecular formula is C11H23NO5P+. The van der Waals surface area contributed by atoms with E-state index in [4.69, 9.17) is 4.52 Å². The Bertz CT molecular complexity index is 361. The van der Waals surface area contributed by atoms with E-state index < -0.39 is 25.6 Å². The highest BCUT2D eigenvalue weighted by atomic mass is 31.2. The van der Waals surface area contributed by atoms with Crippen molar-refractivity contribution in [3.63, 3.8) is 0 Å². The van der Waals surface area contributed by atoms with Gasteiger partial charge in [0.05, 0.1) is 27.3 Å². The fourth-order valence-corrected chi connectivity index (χ4v) is 2.17. The van der Waals surface area contributed by atoms with Crippen LogP contribution >= 0.6 is 7.60 Å². The Kier molecular flexibility index (Phi) is 6.40. The predicted octanol–water partition coefficient (Wildman–Crippen LogP) is 0.401. The van der Waals surface area contributed by atoms with E-state index in [9.17, 15) is 19.4 Å². The van der Waals surface area contributed by atoms with Gasteiger partial charge < -0.3 is 19.0 Å². The first-order chi connectivity index (χ1) is 7.94. The fourth-order valence-electron chi connectivity index (χ4n) is 1.10. The molecule has 0 saturated heterocycles. The monoisotopic (exact) mass is 280 g/mol. The Balaban J connectivity index is 4.27. The normalized spacial score (nSPS) is 17.0. The number of hydrogen-bond acceptors (Lipinski definition) is 4. The molecule has 0 aliphatic heterocycles. The van der Waals surface area contributed by atoms with Gasteiger partial charge in [0, 0.05) is 0 Å². The number of aliphatic hydroxyl groups excluding tert-OH is 1. The van der Waals surface area contributed by atoms with Crippen molar-refractivity contribution in [1.29, 1.82) is 0 Å². The number of quaternary nitrogens is 1. The molecule has 0 fully saturated rings. The molecule has 0 aliphatic carbocycles. The first-order valence-corrected chi connectivity index (χ1v) is 7.35. The van der Waals surface area contributed by atoms with E-state index in [1.165, 1.54) is 6.92 Å². The lowest BCUT2D eigenvalue weighted by atomic mass is 10.1. The Morgan fingerprint density at radius 2 is 1.94 bits per heavy atom. The van der Waals surface area contributed by atoms with Gasteiger partial charge in [0.15, 0.2) is 5.78 Å². The zero-order valence-corrected chi connectivity index (χ0v) is 12.3. The van der Waals surface area contributed by atoms with Crippen molar-refractivity contribution in [3.05, 3.63) is 12.2 Å². The number of Topliss-reactive ketones (excluding diaryl/α,β-unsaturated/α-hetero) is 1. The smallest absolute Gasteiger partial charge is 0.331 e. The van der Waals surface area contributed by atoms with Gasteiger partial charge >= 0.3 is 7.60 Å². The van der Waals surface area contributed by atoms with E-state index in [1.807, 2.05) is 21.1 Å². The molecule has 18 heavy (non-hydrogen) atoms. The summed E-state index contributed by atoms with van der Waals surface area (Å²) >= 11 is 0. The molecule has 0 radical (unpaired) electrons. The topological polar surface area (TPSA) is 83.8 Å². The third-order valence-corrected chi connectivity index (χ3v) is 3.58. The van der Waals surface area contributed by atoms with Crippen LogP contribution in [0.25, 0.3) is 0 Å². The number of aliphatic hydroxyl groups is 1. The van der Waals surface area contributed by atoms with Gasteiger partial charge in [-0.1, -0.05) is 6.58 Å². The van der Waals surface area contributed by atoms with Crippen LogP contribution in [0.15, 0.2) is 12.2 Å². The number of carbonyl (C=O) groups excluding carboxylic acids is 1. The van der Waals surface area contributed by atoms with Gasteiger partial charge in [-0.05, 0) is 12.5 Å². The maximum Gasteiger partial charge on any atom is 0.331 e. The second-order valence-corrected chi connectivity index (χ2v) is 7.23. The van der Waals surface area contributed by atoms with Gasteiger partial charge in [-0.15, -0.1) is 0 Å². The third kappa shape index (κ3) is 7.74. The second kappa shape index (κ2) is 6.59. The first kappa shape index (κ1) is 17.5. The summed E-state index contributed by atoms with van der Waals surface area (Å²) in [5.41, 5.74) is 0.147. The quantitative estimate of drug-likeness (QED) is 0.382. The van der Waals surface area contributed by atoms with Gasteiger partial charge in [-0.2, -0.15) is 0 Å². The number of nitrogens with zero attached hydrogens (tertiary/aromatic N) is 1. The number of hydrogen-bond donors (Lipinski definition) is 2. The zero-order valence-electron chi connectivity index (χ0n) is 11.4. The highest BCUT2D eigenvalue weighted by Crippen LogP contribution is 2.42. The summed E-state index contributed by atoms with van der Waals surface area (Å²) in [5.74, 6) is -0.639. The zero-order chi connectivity index (χ0) is 14.6. The summed E-state index contributed by atoms with van der Waals surface area (Å²) < 4.78 is 17.1. The predicted molar refractivity (Wildman–Crippen MR) is 69.4 cm³/mol. The maximum absolute atomic E-state index is 11.6. The molecule has 106 valence electrons. The molecule has 0 aromatic rings. The molecule has 6 nitrogen and oxygen atoms in total. The molecule has 0 spiro atoms. The van der Waals surface area contributed by atoms with E-state index >= 15 is 0 Å². The van der Waals surface area contributed by atoms with Crippen molar-refractivity contribution < 1.29 is 28.4 Å². The summed E-state index contributed by atoms with van der Waals surface area (Å²) in [6, 6.07) is 0. The minimum Gasteiger partial charge on any atom is -0.384 e. The van der Waals surface area contributed by atoms with Crippen molar-refractivity contribution in [2.45, 2.75) is 13.0 Å². The number of carbonyl (C=O) groups is 1. The molecule has 0 aromatic carbocycles. The fraction of sp³-hybridized carbons (Fsp3) is 0.727. The number of likely N-dealkylation sites (N-methyl/N-ethyl adjacent to an activating group) is 1. The highest BCUT2D eigenvalue weighted by molar-refractivity contribution is 7.52. The summed E-state index contributed by atoms with van der Waals surface area (Å²) in [6.45, 7) is 5.45. The van der Waals surface area contributed by atoms with E-state index in [0.717, 1.165) is 0 Å². The van der Waals surface area contributed by atoms with Crippen LogP contribution in [0.1, 0.15) is 6.92 Å². The highest BCUT2D eigenvalue weighted by Gasteiger charge is 2.29. The lowest BCUT2D eigenvalue weighted by Crippen LogP contribution is -2.37. The van der Waals surface area contributed by atoms with Gasteiger partial charge in [0.2, 0.25) is 0 Å². The van der Waals surface area contributed by atoms with E-state index in [1.54, 1.807) is 0 Å². The second-order valence-electron chi connectivity index (χ2n) is 5.33. The van der Waals surface area contributed by atoms with Gasteiger partial charge in [0.25, 0.3) is 0 Å². The van der Waals surface area contributed by atoms with Crippen LogP contribution < -0.4 is 0 Å². The molecule has 0 aliphatic rings. The van der Waals surface area contributed by atoms with E-state index in [0.29, 0.717) is 11.0 Å². The lowest BCUT2D eigenvalue weighted by Gasteiger charge is -2.24. The summed E-state index contributed by atoms with van der Waals surface area (Å²) in [5, 5.41) is 9.46. The molecule has 2 unspecified atom stereocenters. The lowest BCUT2D eigenvalue weighted by molar-refractivity contribution is -0.870. The SMILES string of the molecule is C=C(C)C(=O)C(O)CP(=O)(O)OCC[N+](C)(C)C. The summed E-state index contributed by atoms with van der Waals surface area (Å²) in [4.78, 5) is 20.8.